The highest BCUT2D eigenvalue weighted by atomic mass is 19.1. The third-order valence-electron chi connectivity index (χ3n) is 3.98. The molecule has 0 bridgehead atoms. The number of nitrogens with zero attached hydrogens (tertiary/aromatic N) is 1. The number of anilines is 1. The summed E-state index contributed by atoms with van der Waals surface area (Å²) in [6, 6.07) is 4.27. The molecule has 0 aliphatic carbocycles. The lowest BCUT2D eigenvalue weighted by molar-refractivity contribution is -0.144. The number of hydrogen-bond acceptors (Lipinski definition) is 5. The molecule has 1 fully saturated rings. The molecule has 6 nitrogen and oxygen atoms in total. The zero-order valence-electron chi connectivity index (χ0n) is 11.9. The van der Waals surface area contributed by atoms with Gasteiger partial charge in [0, 0.05) is 25.8 Å². The Hall–Kier alpha value is -2.15. The molecule has 0 radical (unpaired) electrons. The first-order valence-corrected chi connectivity index (χ1v) is 7.24. The molecule has 0 amide bonds. The van der Waals surface area contributed by atoms with Crippen LogP contribution in [0.15, 0.2) is 22.6 Å². The Morgan fingerprint density at radius 2 is 2.23 bits per heavy atom. The van der Waals surface area contributed by atoms with Gasteiger partial charge in [-0.05, 0) is 30.9 Å². The van der Waals surface area contributed by atoms with E-state index in [1.165, 1.54) is 18.2 Å². The van der Waals surface area contributed by atoms with Crippen LogP contribution in [0.2, 0.25) is 0 Å². The molecule has 1 atom stereocenters. The predicted molar refractivity (Wildman–Crippen MR) is 77.1 cm³/mol. The van der Waals surface area contributed by atoms with E-state index in [0.717, 1.165) is 12.8 Å². The van der Waals surface area contributed by atoms with Crippen LogP contribution in [0, 0.1) is 17.7 Å². The van der Waals surface area contributed by atoms with Gasteiger partial charge < -0.3 is 19.6 Å². The topological polar surface area (TPSA) is 84.6 Å². The van der Waals surface area contributed by atoms with Crippen LogP contribution in [-0.2, 0) is 9.53 Å². The predicted octanol–water partition coefficient (Wildman–Crippen LogP) is 2.51. The smallest absolute Gasteiger partial charge is 0.308 e. The number of rotatable bonds is 5. The van der Waals surface area contributed by atoms with Crippen molar-refractivity contribution in [2.24, 2.45) is 11.8 Å². The summed E-state index contributed by atoms with van der Waals surface area (Å²) in [5.41, 5.74) is 0.863. The molecule has 1 aromatic carbocycles. The molecule has 22 heavy (non-hydrogen) atoms. The molecular weight excluding hydrogens is 291 g/mol. The fourth-order valence-corrected chi connectivity index (χ4v) is 2.75. The van der Waals surface area contributed by atoms with Crippen molar-refractivity contribution in [3.05, 3.63) is 24.0 Å². The van der Waals surface area contributed by atoms with E-state index in [1.807, 2.05) is 0 Å². The lowest BCUT2D eigenvalue weighted by atomic mass is 9.86. The number of aliphatic carboxylic acids is 1. The number of carbonyl (C=O) groups is 1. The molecule has 1 aliphatic rings. The summed E-state index contributed by atoms with van der Waals surface area (Å²) >= 11 is 0. The number of carboxylic acids is 1. The number of ether oxygens (including phenoxy) is 1. The van der Waals surface area contributed by atoms with E-state index >= 15 is 0 Å². The van der Waals surface area contributed by atoms with Crippen molar-refractivity contribution in [1.82, 2.24) is 4.98 Å². The van der Waals surface area contributed by atoms with E-state index in [-0.39, 0.29) is 18.5 Å². The van der Waals surface area contributed by atoms with Crippen molar-refractivity contribution < 1.29 is 23.4 Å². The first kappa shape index (κ1) is 14.8. The van der Waals surface area contributed by atoms with Crippen molar-refractivity contribution in [1.29, 1.82) is 0 Å². The maximum Gasteiger partial charge on any atom is 0.308 e. The summed E-state index contributed by atoms with van der Waals surface area (Å²) in [6.45, 7) is 1.41. The second-order valence-corrected chi connectivity index (χ2v) is 5.41. The molecule has 118 valence electrons. The van der Waals surface area contributed by atoms with Crippen molar-refractivity contribution in [2.75, 3.05) is 25.1 Å². The minimum Gasteiger partial charge on any atom is -0.481 e. The Morgan fingerprint density at radius 1 is 1.45 bits per heavy atom. The quantitative estimate of drug-likeness (QED) is 0.883. The third kappa shape index (κ3) is 3.19. The van der Waals surface area contributed by atoms with Crippen LogP contribution in [0.25, 0.3) is 11.1 Å². The highest BCUT2D eigenvalue weighted by Crippen LogP contribution is 2.25. The molecular formula is C15H17FN2O4. The number of benzene rings is 1. The average molecular weight is 308 g/mol. The van der Waals surface area contributed by atoms with Gasteiger partial charge in [-0.2, -0.15) is 4.98 Å². The maximum atomic E-state index is 13.1. The molecule has 2 heterocycles. The number of nitrogens with one attached hydrogen (secondary N) is 1. The Bertz CT molecular complexity index is 667. The summed E-state index contributed by atoms with van der Waals surface area (Å²) in [4.78, 5) is 15.6. The molecule has 2 N–H and O–H groups in total. The molecule has 0 spiro atoms. The van der Waals surface area contributed by atoms with Crippen molar-refractivity contribution >= 4 is 23.1 Å². The van der Waals surface area contributed by atoms with Gasteiger partial charge in [-0.3, -0.25) is 4.79 Å². The van der Waals surface area contributed by atoms with Gasteiger partial charge in [-0.25, -0.2) is 4.39 Å². The normalized spacial score (nSPS) is 17.5. The van der Waals surface area contributed by atoms with Crippen molar-refractivity contribution in [2.45, 2.75) is 12.8 Å². The number of fused-ring (bicyclic) bond motifs is 1. The number of aromatic nitrogens is 1. The van der Waals surface area contributed by atoms with Gasteiger partial charge in [0.05, 0.1) is 5.92 Å². The summed E-state index contributed by atoms with van der Waals surface area (Å²) in [7, 11) is 0. The molecule has 1 aliphatic heterocycles. The number of carboxylic acid groups (broad SMARTS) is 1. The van der Waals surface area contributed by atoms with Crippen molar-refractivity contribution in [3.63, 3.8) is 0 Å². The van der Waals surface area contributed by atoms with Gasteiger partial charge in [0.1, 0.15) is 11.3 Å². The SMILES string of the molecule is O=C(O)C(CNc1nc2cc(F)ccc2o1)C1CCOCC1. The molecule has 1 saturated heterocycles. The number of hydrogen-bond donors (Lipinski definition) is 2. The van der Waals surface area contributed by atoms with E-state index < -0.39 is 17.7 Å². The Kier molecular flexibility index (Phi) is 4.24. The lowest BCUT2D eigenvalue weighted by Crippen LogP contribution is -2.34. The molecule has 1 aromatic heterocycles. The Balaban J connectivity index is 1.68. The third-order valence-corrected chi connectivity index (χ3v) is 3.98. The Morgan fingerprint density at radius 3 is 2.95 bits per heavy atom. The summed E-state index contributed by atoms with van der Waals surface area (Å²) in [5, 5.41) is 12.3. The lowest BCUT2D eigenvalue weighted by Gasteiger charge is -2.27. The van der Waals surface area contributed by atoms with Gasteiger partial charge in [-0.15, -0.1) is 0 Å². The Labute approximate surface area is 126 Å². The van der Waals surface area contributed by atoms with E-state index in [2.05, 4.69) is 10.3 Å². The van der Waals surface area contributed by atoms with Crippen LogP contribution >= 0.6 is 0 Å². The minimum atomic E-state index is -0.846. The summed E-state index contributed by atoms with van der Waals surface area (Å²) in [5.74, 6) is -1.70. The van der Waals surface area contributed by atoms with E-state index in [0.29, 0.717) is 24.3 Å². The van der Waals surface area contributed by atoms with Gasteiger partial charge in [0.25, 0.3) is 6.01 Å². The summed E-state index contributed by atoms with van der Waals surface area (Å²) < 4.78 is 23.8. The molecule has 0 saturated carbocycles. The fourth-order valence-electron chi connectivity index (χ4n) is 2.75. The van der Waals surface area contributed by atoms with Crippen LogP contribution in [-0.4, -0.2) is 35.8 Å². The standard InChI is InChI=1S/C15H17FN2O4/c16-10-1-2-13-12(7-10)18-15(22-13)17-8-11(14(19)20)9-3-5-21-6-4-9/h1-2,7,9,11H,3-6,8H2,(H,17,18)(H,19,20). The van der Waals surface area contributed by atoms with Gasteiger partial charge in [0.15, 0.2) is 5.58 Å². The van der Waals surface area contributed by atoms with Crippen LogP contribution in [0.5, 0.6) is 0 Å². The van der Waals surface area contributed by atoms with Gasteiger partial charge in [-0.1, -0.05) is 0 Å². The first-order chi connectivity index (χ1) is 10.6. The summed E-state index contributed by atoms with van der Waals surface area (Å²) in [6.07, 6.45) is 1.47. The number of halogens is 1. The monoisotopic (exact) mass is 308 g/mol. The van der Waals surface area contributed by atoms with Gasteiger partial charge in [0.2, 0.25) is 0 Å². The van der Waals surface area contributed by atoms with Crippen LogP contribution < -0.4 is 5.32 Å². The molecule has 7 heteroatoms. The van der Waals surface area contributed by atoms with E-state index in [9.17, 15) is 14.3 Å². The average Bonchev–Trinajstić information content (AvgIpc) is 2.90. The van der Waals surface area contributed by atoms with E-state index in [1.54, 1.807) is 0 Å². The maximum absolute atomic E-state index is 13.1. The van der Waals surface area contributed by atoms with Crippen molar-refractivity contribution in [3.8, 4) is 0 Å². The molecule has 3 rings (SSSR count). The second-order valence-electron chi connectivity index (χ2n) is 5.41. The highest BCUT2D eigenvalue weighted by Gasteiger charge is 2.29. The zero-order chi connectivity index (χ0) is 15.5. The second kappa shape index (κ2) is 6.31. The number of oxazole rings is 1. The molecule has 1 unspecified atom stereocenters. The minimum absolute atomic E-state index is 0.0700. The first-order valence-electron chi connectivity index (χ1n) is 7.24. The van der Waals surface area contributed by atoms with Crippen LogP contribution in [0.4, 0.5) is 10.4 Å². The van der Waals surface area contributed by atoms with E-state index in [4.69, 9.17) is 9.15 Å². The molecule has 2 aromatic rings. The highest BCUT2D eigenvalue weighted by molar-refractivity contribution is 5.74. The largest absolute Gasteiger partial charge is 0.481 e. The van der Waals surface area contributed by atoms with Gasteiger partial charge >= 0.3 is 5.97 Å². The van der Waals surface area contributed by atoms with Crippen LogP contribution in [0.3, 0.4) is 0 Å². The van der Waals surface area contributed by atoms with Crippen LogP contribution in [0.1, 0.15) is 12.8 Å². The zero-order valence-corrected chi connectivity index (χ0v) is 11.9. The fraction of sp³-hybridized carbons (Fsp3) is 0.467.